The number of hydrogen-bond donors (Lipinski definition) is 2. The van der Waals surface area contributed by atoms with Crippen molar-refractivity contribution < 1.29 is 4.39 Å². The van der Waals surface area contributed by atoms with Crippen LogP contribution in [0, 0.1) is 12.7 Å². The molecular weight excluding hydrogens is 271 g/mol. The highest BCUT2D eigenvalue weighted by Gasteiger charge is 2.24. The molecule has 1 aromatic carbocycles. The number of aromatic amines is 1. The standard InChI is InChI=1S/C12H12BrFN2/c1-6-2-3-7(14)9-10-8(16-11(6)9)4-5-15-12(10)13/h2-3,12,15-16H,4-5H2,1H3. The van der Waals surface area contributed by atoms with Gasteiger partial charge < -0.3 is 10.3 Å². The third kappa shape index (κ3) is 1.33. The number of benzene rings is 1. The molecule has 16 heavy (non-hydrogen) atoms. The van der Waals surface area contributed by atoms with E-state index in [1.54, 1.807) is 6.07 Å². The van der Waals surface area contributed by atoms with Crippen molar-refractivity contribution in [2.24, 2.45) is 0 Å². The minimum atomic E-state index is -0.147. The normalized spacial score (nSPS) is 20.1. The van der Waals surface area contributed by atoms with Crippen molar-refractivity contribution in [3.8, 4) is 0 Å². The molecule has 84 valence electrons. The fraction of sp³-hybridized carbons (Fsp3) is 0.333. The molecule has 2 N–H and O–H groups in total. The summed E-state index contributed by atoms with van der Waals surface area (Å²) in [6, 6.07) is 3.36. The van der Waals surface area contributed by atoms with Crippen LogP contribution in [0.2, 0.25) is 0 Å². The predicted octanol–water partition coefficient (Wildman–Crippen LogP) is 3.15. The average molecular weight is 283 g/mol. The van der Waals surface area contributed by atoms with E-state index in [4.69, 9.17) is 0 Å². The third-order valence-electron chi connectivity index (χ3n) is 3.19. The summed E-state index contributed by atoms with van der Waals surface area (Å²) in [6.45, 7) is 2.91. The maximum Gasteiger partial charge on any atom is 0.132 e. The molecule has 1 aromatic heterocycles. The predicted molar refractivity (Wildman–Crippen MR) is 66.4 cm³/mol. The fourth-order valence-corrected chi connectivity index (χ4v) is 3.11. The number of halogens is 2. The lowest BCUT2D eigenvalue weighted by Gasteiger charge is -2.19. The zero-order valence-electron chi connectivity index (χ0n) is 8.90. The first kappa shape index (κ1) is 10.3. The molecule has 0 spiro atoms. The van der Waals surface area contributed by atoms with Gasteiger partial charge in [-0.15, -0.1) is 0 Å². The monoisotopic (exact) mass is 282 g/mol. The van der Waals surface area contributed by atoms with Crippen molar-refractivity contribution in [3.05, 3.63) is 34.8 Å². The Morgan fingerprint density at radius 2 is 2.25 bits per heavy atom. The highest BCUT2D eigenvalue weighted by molar-refractivity contribution is 9.09. The Morgan fingerprint density at radius 1 is 1.44 bits per heavy atom. The van der Waals surface area contributed by atoms with Gasteiger partial charge in [0.1, 0.15) is 5.82 Å². The number of hydrogen-bond acceptors (Lipinski definition) is 1. The van der Waals surface area contributed by atoms with Crippen LogP contribution in [-0.2, 0) is 6.42 Å². The Balaban J connectivity index is 2.42. The summed E-state index contributed by atoms with van der Waals surface area (Å²) in [5, 5.41) is 4.02. The van der Waals surface area contributed by atoms with Crippen LogP contribution >= 0.6 is 15.9 Å². The summed E-state index contributed by atoms with van der Waals surface area (Å²) in [5.41, 5.74) is 4.19. The topological polar surface area (TPSA) is 27.8 Å². The van der Waals surface area contributed by atoms with E-state index in [2.05, 4.69) is 26.2 Å². The largest absolute Gasteiger partial charge is 0.358 e. The molecule has 0 saturated heterocycles. The van der Waals surface area contributed by atoms with E-state index in [1.165, 1.54) is 0 Å². The molecule has 2 nitrogen and oxygen atoms in total. The van der Waals surface area contributed by atoms with Crippen LogP contribution in [0.4, 0.5) is 4.39 Å². The van der Waals surface area contributed by atoms with E-state index in [1.807, 2.05) is 13.0 Å². The molecule has 1 unspecified atom stereocenters. The van der Waals surface area contributed by atoms with Crippen LogP contribution in [-0.4, -0.2) is 11.5 Å². The van der Waals surface area contributed by atoms with E-state index >= 15 is 0 Å². The summed E-state index contributed by atoms with van der Waals surface area (Å²) in [4.78, 5) is 3.39. The van der Waals surface area contributed by atoms with Crippen molar-refractivity contribution in [3.63, 3.8) is 0 Å². The Kier molecular flexibility index (Phi) is 2.30. The van der Waals surface area contributed by atoms with Gasteiger partial charge in [-0.2, -0.15) is 0 Å². The Labute approximate surface area is 101 Å². The molecule has 0 aliphatic carbocycles. The number of alkyl halides is 1. The zero-order valence-corrected chi connectivity index (χ0v) is 10.5. The van der Waals surface area contributed by atoms with Crippen LogP contribution in [0.25, 0.3) is 10.9 Å². The van der Waals surface area contributed by atoms with Crippen LogP contribution < -0.4 is 5.32 Å². The third-order valence-corrected chi connectivity index (χ3v) is 3.97. The maximum atomic E-state index is 13.9. The van der Waals surface area contributed by atoms with E-state index in [0.29, 0.717) is 0 Å². The van der Waals surface area contributed by atoms with Crippen LogP contribution in [0.1, 0.15) is 21.8 Å². The van der Waals surface area contributed by atoms with Gasteiger partial charge in [-0.05, 0) is 18.6 Å². The number of nitrogens with one attached hydrogen (secondary N) is 2. The van der Waals surface area contributed by atoms with E-state index in [-0.39, 0.29) is 10.8 Å². The van der Waals surface area contributed by atoms with Crippen molar-refractivity contribution in [1.29, 1.82) is 0 Å². The first-order valence-electron chi connectivity index (χ1n) is 5.35. The maximum absolute atomic E-state index is 13.9. The Hall–Kier alpha value is -0.870. The van der Waals surface area contributed by atoms with Gasteiger partial charge in [0.15, 0.2) is 0 Å². The van der Waals surface area contributed by atoms with Gasteiger partial charge in [0.05, 0.1) is 10.5 Å². The first-order chi connectivity index (χ1) is 7.68. The summed E-state index contributed by atoms with van der Waals surface area (Å²) < 4.78 is 13.9. The smallest absolute Gasteiger partial charge is 0.132 e. The second-order valence-corrected chi connectivity index (χ2v) is 5.11. The summed E-state index contributed by atoms with van der Waals surface area (Å²) in [6.07, 6.45) is 0.922. The van der Waals surface area contributed by atoms with Gasteiger partial charge in [0, 0.05) is 29.6 Å². The number of aryl methyl sites for hydroxylation is 1. The van der Waals surface area contributed by atoms with Crippen LogP contribution in [0.15, 0.2) is 12.1 Å². The van der Waals surface area contributed by atoms with Gasteiger partial charge in [-0.1, -0.05) is 22.0 Å². The second kappa shape index (κ2) is 3.57. The molecule has 1 aliphatic rings. The molecule has 0 saturated carbocycles. The van der Waals surface area contributed by atoms with Crippen molar-refractivity contribution >= 4 is 26.8 Å². The SMILES string of the molecule is Cc1ccc(F)c2c3c([nH]c12)CCNC3Br. The van der Waals surface area contributed by atoms with E-state index in [0.717, 1.165) is 40.7 Å². The van der Waals surface area contributed by atoms with Gasteiger partial charge in [-0.3, -0.25) is 0 Å². The van der Waals surface area contributed by atoms with Gasteiger partial charge >= 0.3 is 0 Å². The quantitative estimate of drug-likeness (QED) is 0.564. The molecule has 0 radical (unpaired) electrons. The Morgan fingerprint density at radius 3 is 3.06 bits per heavy atom. The van der Waals surface area contributed by atoms with Crippen LogP contribution in [0.3, 0.4) is 0 Å². The highest BCUT2D eigenvalue weighted by Crippen LogP contribution is 2.36. The summed E-state index contributed by atoms with van der Waals surface area (Å²) >= 11 is 3.55. The van der Waals surface area contributed by atoms with Crippen LogP contribution in [0.5, 0.6) is 0 Å². The van der Waals surface area contributed by atoms with Crippen molar-refractivity contribution in [2.45, 2.75) is 18.3 Å². The summed E-state index contributed by atoms with van der Waals surface area (Å²) in [7, 11) is 0. The number of H-pyrrole nitrogens is 1. The van der Waals surface area contributed by atoms with E-state index in [9.17, 15) is 4.39 Å². The fourth-order valence-electron chi connectivity index (χ4n) is 2.38. The van der Waals surface area contributed by atoms with Gasteiger partial charge in [-0.25, -0.2) is 4.39 Å². The second-order valence-electron chi connectivity index (χ2n) is 4.20. The molecule has 0 fully saturated rings. The lowest BCUT2D eigenvalue weighted by molar-refractivity contribution is 0.622. The molecule has 2 aromatic rings. The summed E-state index contributed by atoms with van der Waals surface area (Å²) in [5.74, 6) is -0.147. The van der Waals surface area contributed by atoms with Crippen molar-refractivity contribution in [1.82, 2.24) is 10.3 Å². The average Bonchev–Trinajstić information content (AvgIpc) is 2.65. The minimum absolute atomic E-state index is 0.0429. The highest BCUT2D eigenvalue weighted by atomic mass is 79.9. The lowest BCUT2D eigenvalue weighted by atomic mass is 10.0. The molecule has 0 amide bonds. The molecule has 1 atom stereocenters. The number of aromatic nitrogens is 1. The molecule has 0 bridgehead atoms. The zero-order chi connectivity index (χ0) is 11.3. The molecule has 3 rings (SSSR count). The minimum Gasteiger partial charge on any atom is -0.358 e. The molecular formula is C12H12BrFN2. The molecule has 1 aliphatic heterocycles. The van der Waals surface area contributed by atoms with Crippen molar-refractivity contribution in [2.75, 3.05) is 6.54 Å². The Bertz CT molecular complexity index is 562. The lowest BCUT2D eigenvalue weighted by Crippen LogP contribution is -2.25. The van der Waals surface area contributed by atoms with Gasteiger partial charge in [0.25, 0.3) is 0 Å². The number of fused-ring (bicyclic) bond motifs is 3. The molecule has 2 heterocycles. The van der Waals surface area contributed by atoms with E-state index < -0.39 is 0 Å². The number of rotatable bonds is 0. The first-order valence-corrected chi connectivity index (χ1v) is 6.27. The van der Waals surface area contributed by atoms with Gasteiger partial charge in [0.2, 0.25) is 0 Å². The molecule has 4 heteroatoms.